The number of aliphatic hydroxyl groups excluding tert-OH is 1. The molecule has 0 saturated carbocycles. The SMILES string of the molecule is CN(CCO)C(Cc1ccccc1)C1COCO1. The first kappa shape index (κ1) is 13.5. The van der Waals surface area contributed by atoms with E-state index in [0.717, 1.165) is 6.42 Å². The summed E-state index contributed by atoms with van der Waals surface area (Å²) in [5.41, 5.74) is 1.28. The topological polar surface area (TPSA) is 41.9 Å². The lowest BCUT2D eigenvalue weighted by Crippen LogP contribution is -2.45. The highest BCUT2D eigenvalue weighted by atomic mass is 16.7. The minimum absolute atomic E-state index is 0.0850. The van der Waals surface area contributed by atoms with Gasteiger partial charge in [-0.05, 0) is 19.0 Å². The third kappa shape index (κ3) is 3.53. The Kier molecular flexibility index (Phi) is 5.13. The third-order valence-corrected chi connectivity index (χ3v) is 3.38. The van der Waals surface area contributed by atoms with Gasteiger partial charge < -0.3 is 14.6 Å². The van der Waals surface area contributed by atoms with Crippen LogP contribution < -0.4 is 0 Å². The van der Waals surface area contributed by atoms with Gasteiger partial charge in [0.2, 0.25) is 0 Å². The van der Waals surface area contributed by atoms with Crippen molar-refractivity contribution >= 4 is 0 Å². The molecule has 0 radical (unpaired) electrons. The van der Waals surface area contributed by atoms with Crippen molar-refractivity contribution in [1.29, 1.82) is 0 Å². The lowest BCUT2D eigenvalue weighted by atomic mass is 10.0. The van der Waals surface area contributed by atoms with Gasteiger partial charge in [0.25, 0.3) is 0 Å². The van der Waals surface area contributed by atoms with Crippen LogP contribution in [-0.2, 0) is 15.9 Å². The molecule has 0 spiro atoms. The van der Waals surface area contributed by atoms with Gasteiger partial charge in [-0.15, -0.1) is 0 Å². The molecule has 2 atom stereocenters. The summed E-state index contributed by atoms with van der Waals surface area (Å²) in [5, 5.41) is 9.08. The van der Waals surface area contributed by atoms with Crippen LogP contribution in [-0.4, -0.2) is 55.8 Å². The van der Waals surface area contributed by atoms with E-state index in [-0.39, 0.29) is 18.8 Å². The largest absolute Gasteiger partial charge is 0.395 e. The maximum absolute atomic E-state index is 9.08. The lowest BCUT2D eigenvalue weighted by Gasteiger charge is -2.31. The summed E-state index contributed by atoms with van der Waals surface area (Å²) >= 11 is 0. The summed E-state index contributed by atoms with van der Waals surface area (Å²) in [6.07, 6.45) is 0.993. The van der Waals surface area contributed by atoms with Crippen molar-refractivity contribution in [3.63, 3.8) is 0 Å². The van der Waals surface area contributed by atoms with Gasteiger partial charge in [0.1, 0.15) is 6.79 Å². The smallest absolute Gasteiger partial charge is 0.147 e. The van der Waals surface area contributed by atoms with E-state index in [1.165, 1.54) is 5.56 Å². The number of hydrogen-bond acceptors (Lipinski definition) is 4. The van der Waals surface area contributed by atoms with E-state index < -0.39 is 0 Å². The van der Waals surface area contributed by atoms with Gasteiger partial charge in [0.05, 0.1) is 19.3 Å². The molecule has 1 aromatic carbocycles. The molecule has 18 heavy (non-hydrogen) atoms. The molecule has 1 heterocycles. The highest BCUT2D eigenvalue weighted by Gasteiger charge is 2.29. The Labute approximate surface area is 108 Å². The zero-order valence-electron chi connectivity index (χ0n) is 10.8. The number of likely N-dealkylation sites (N-methyl/N-ethyl adjacent to an activating group) is 1. The first-order chi connectivity index (χ1) is 8.81. The Morgan fingerprint density at radius 2 is 2.17 bits per heavy atom. The van der Waals surface area contributed by atoms with E-state index in [0.29, 0.717) is 19.9 Å². The van der Waals surface area contributed by atoms with Crippen molar-refractivity contribution < 1.29 is 14.6 Å². The number of ether oxygens (including phenoxy) is 2. The van der Waals surface area contributed by atoms with Crippen LogP contribution in [0.4, 0.5) is 0 Å². The van der Waals surface area contributed by atoms with Crippen molar-refractivity contribution in [3.8, 4) is 0 Å². The zero-order valence-corrected chi connectivity index (χ0v) is 10.8. The second kappa shape index (κ2) is 6.85. The van der Waals surface area contributed by atoms with Crippen molar-refractivity contribution in [2.45, 2.75) is 18.6 Å². The van der Waals surface area contributed by atoms with Crippen LogP contribution in [0.2, 0.25) is 0 Å². The molecule has 100 valence electrons. The molecule has 0 amide bonds. The second-order valence-electron chi connectivity index (χ2n) is 4.66. The lowest BCUT2D eigenvalue weighted by molar-refractivity contribution is 0.0114. The highest BCUT2D eigenvalue weighted by molar-refractivity contribution is 5.16. The van der Waals surface area contributed by atoms with Gasteiger partial charge in [-0.1, -0.05) is 30.3 Å². The summed E-state index contributed by atoms with van der Waals surface area (Å²) in [6.45, 7) is 1.82. The maximum Gasteiger partial charge on any atom is 0.147 e. The minimum Gasteiger partial charge on any atom is -0.395 e. The van der Waals surface area contributed by atoms with Crippen LogP contribution in [0.25, 0.3) is 0 Å². The van der Waals surface area contributed by atoms with Crippen molar-refractivity contribution in [1.82, 2.24) is 4.90 Å². The molecule has 1 saturated heterocycles. The van der Waals surface area contributed by atoms with E-state index >= 15 is 0 Å². The Balaban J connectivity index is 2.04. The Bertz CT molecular complexity index is 338. The minimum atomic E-state index is 0.0850. The average Bonchev–Trinajstić information content (AvgIpc) is 2.91. The number of rotatable bonds is 6. The fourth-order valence-corrected chi connectivity index (χ4v) is 2.32. The van der Waals surface area contributed by atoms with Crippen molar-refractivity contribution in [2.24, 2.45) is 0 Å². The molecule has 0 aromatic heterocycles. The van der Waals surface area contributed by atoms with Gasteiger partial charge in [0, 0.05) is 12.6 Å². The molecule has 2 rings (SSSR count). The molecular formula is C14H21NO3. The fourth-order valence-electron chi connectivity index (χ4n) is 2.32. The molecule has 0 bridgehead atoms. The molecule has 2 unspecified atom stereocenters. The Morgan fingerprint density at radius 3 is 2.78 bits per heavy atom. The molecule has 1 N–H and O–H groups in total. The van der Waals surface area contributed by atoms with Crippen LogP contribution in [0.3, 0.4) is 0 Å². The van der Waals surface area contributed by atoms with Crippen LogP contribution in [0.5, 0.6) is 0 Å². The molecule has 0 aliphatic carbocycles. The molecule has 4 heteroatoms. The fraction of sp³-hybridized carbons (Fsp3) is 0.571. The van der Waals surface area contributed by atoms with E-state index in [9.17, 15) is 0 Å². The highest BCUT2D eigenvalue weighted by Crippen LogP contribution is 2.17. The van der Waals surface area contributed by atoms with Gasteiger partial charge in [-0.25, -0.2) is 0 Å². The molecule has 4 nitrogen and oxygen atoms in total. The summed E-state index contributed by atoms with van der Waals surface area (Å²) in [4.78, 5) is 2.15. The predicted octanol–water partition coefficient (Wildman–Crippen LogP) is 0.895. The summed E-state index contributed by atoms with van der Waals surface area (Å²) < 4.78 is 10.9. The van der Waals surface area contributed by atoms with Crippen LogP contribution in [0, 0.1) is 0 Å². The van der Waals surface area contributed by atoms with Crippen LogP contribution in [0.15, 0.2) is 30.3 Å². The first-order valence-corrected chi connectivity index (χ1v) is 6.35. The number of nitrogens with zero attached hydrogens (tertiary/aromatic N) is 1. The van der Waals surface area contributed by atoms with Crippen LogP contribution >= 0.6 is 0 Å². The number of hydrogen-bond donors (Lipinski definition) is 1. The van der Waals surface area contributed by atoms with Gasteiger partial charge >= 0.3 is 0 Å². The van der Waals surface area contributed by atoms with Crippen LogP contribution in [0.1, 0.15) is 5.56 Å². The normalized spacial score (nSPS) is 21.4. The standard InChI is InChI=1S/C14H21NO3/c1-15(7-8-16)13(14-10-17-11-18-14)9-12-5-3-2-4-6-12/h2-6,13-14,16H,7-11H2,1H3. The van der Waals surface area contributed by atoms with E-state index in [1.807, 2.05) is 25.2 Å². The Morgan fingerprint density at radius 1 is 1.39 bits per heavy atom. The summed E-state index contributed by atoms with van der Waals surface area (Å²) in [5.74, 6) is 0. The summed E-state index contributed by atoms with van der Waals surface area (Å²) in [7, 11) is 2.02. The molecule has 1 aliphatic heterocycles. The van der Waals surface area contributed by atoms with Gasteiger partial charge in [0.15, 0.2) is 0 Å². The van der Waals surface area contributed by atoms with Gasteiger partial charge in [-0.3, -0.25) is 4.90 Å². The number of benzene rings is 1. The third-order valence-electron chi connectivity index (χ3n) is 3.38. The van der Waals surface area contributed by atoms with Crippen molar-refractivity contribution in [2.75, 3.05) is 33.6 Å². The first-order valence-electron chi connectivity index (χ1n) is 6.35. The van der Waals surface area contributed by atoms with E-state index in [4.69, 9.17) is 14.6 Å². The second-order valence-corrected chi connectivity index (χ2v) is 4.66. The summed E-state index contributed by atoms with van der Waals surface area (Å²) in [6, 6.07) is 10.6. The molecule has 1 aliphatic rings. The number of aliphatic hydroxyl groups is 1. The quantitative estimate of drug-likeness (QED) is 0.815. The predicted molar refractivity (Wildman–Crippen MR) is 69.3 cm³/mol. The molecule has 1 fully saturated rings. The zero-order chi connectivity index (χ0) is 12.8. The van der Waals surface area contributed by atoms with E-state index in [1.54, 1.807) is 0 Å². The van der Waals surface area contributed by atoms with Crippen molar-refractivity contribution in [3.05, 3.63) is 35.9 Å². The maximum atomic E-state index is 9.08. The molecular weight excluding hydrogens is 230 g/mol. The Hall–Kier alpha value is -0.940. The average molecular weight is 251 g/mol. The van der Waals surface area contributed by atoms with Gasteiger partial charge in [-0.2, -0.15) is 0 Å². The molecule has 1 aromatic rings. The van der Waals surface area contributed by atoms with E-state index in [2.05, 4.69) is 17.0 Å². The monoisotopic (exact) mass is 251 g/mol.